The quantitative estimate of drug-likeness (QED) is 0.697. The first-order chi connectivity index (χ1) is 8.16. The van der Waals surface area contributed by atoms with Crippen LogP contribution in [-0.4, -0.2) is 48.9 Å². The number of rotatable bonds is 2. The second kappa shape index (κ2) is 5.49. The van der Waals surface area contributed by atoms with E-state index in [1.165, 1.54) is 6.92 Å². The maximum absolute atomic E-state index is 12.2. The number of hydrogen-bond acceptors (Lipinski definition) is 3. The van der Waals surface area contributed by atoms with Gasteiger partial charge in [-0.25, -0.2) is 0 Å². The molecule has 0 aromatic heterocycles. The zero-order chi connectivity index (χ0) is 12.3. The molecule has 17 heavy (non-hydrogen) atoms. The first kappa shape index (κ1) is 12.4. The zero-order valence-electron chi connectivity index (χ0n) is 10.4. The summed E-state index contributed by atoms with van der Waals surface area (Å²) in [4.78, 5) is 25.1. The number of nitrogens with one attached hydrogen (secondary N) is 2. The van der Waals surface area contributed by atoms with Gasteiger partial charge in [-0.1, -0.05) is 0 Å². The van der Waals surface area contributed by atoms with Gasteiger partial charge in [0.05, 0.1) is 5.92 Å². The Morgan fingerprint density at radius 2 is 2.18 bits per heavy atom. The van der Waals surface area contributed by atoms with Crippen molar-refractivity contribution in [3.63, 3.8) is 0 Å². The molecule has 2 fully saturated rings. The van der Waals surface area contributed by atoms with Crippen LogP contribution in [0.2, 0.25) is 0 Å². The van der Waals surface area contributed by atoms with E-state index in [1.54, 1.807) is 0 Å². The highest BCUT2D eigenvalue weighted by Crippen LogP contribution is 2.16. The van der Waals surface area contributed by atoms with Crippen LogP contribution in [0, 0.1) is 5.92 Å². The van der Waals surface area contributed by atoms with Crippen LogP contribution in [0.4, 0.5) is 0 Å². The molecule has 0 bridgehead atoms. The van der Waals surface area contributed by atoms with E-state index in [0.29, 0.717) is 6.54 Å². The highest BCUT2D eigenvalue weighted by Gasteiger charge is 2.30. The smallest absolute Gasteiger partial charge is 0.227 e. The van der Waals surface area contributed by atoms with Crippen LogP contribution >= 0.6 is 0 Å². The summed E-state index contributed by atoms with van der Waals surface area (Å²) in [6.45, 7) is 4.79. The molecule has 0 aromatic rings. The Kier molecular flexibility index (Phi) is 3.99. The van der Waals surface area contributed by atoms with E-state index in [9.17, 15) is 9.59 Å². The second-order valence-corrected chi connectivity index (χ2v) is 5.01. The Balaban J connectivity index is 1.87. The van der Waals surface area contributed by atoms with Crippen molar-refractivity contribution in [2.75, 3.05) is 26.2 Å². The van der Waals surface area contributed by atoms with E-state index in [1.807, 2.05) is 4.90 Å². The molecule has 2 aliphatic rings. The average molecular weight is 239 g/mol. The van der Waals surface area contributed by atoms with Gasteiger partial charge in [-0.2, -0.15) is 0 Å². The van der Waals surface area contributed by atoms with Crippen LogP contribution in [0.25, 0.3) is 0 Å². The number of likely N-dealkylation sites (tertiary alicyclic amines) is 1. The van der Waals surface area contributed by atoms with Crippen molar-refractivity contribution < 1.29 is 9.59 Å². The minimum absolute atomic E-state index is 0.00756. The van der Waals surface area contributed by atoms with Gasteiger partial charge >= 0.3 is 0 Å². The highest BCUT2D eigenvalue weighted by molar-refractivity contribution is 5.79. The standard InChI is InChI=1S/C12H21N3O2/c1-9(16)14-11-3-2-6-15(8-11)12(17)10-4-5-13-7-10/h10-11,13H,2-8H2,1H3,(H,14,16). The molecule has 2 heterocycles. The summed E-state index contributed by atoms with van der Waals surface area (Å²) in [5.74, 6) is 0.392. The lowest BCUT2D eigenvalue weighted by Crippen LogP contribution is -2.50. The Bertz CT molecular complexity index is 300. The summed E-state index contributed by atoms with van der Waals surface area (Å²) in [5, 5.41) is 6.13. The van der Waals surface area contributed by atoms with Crippen LogP contribution < -0.4 is 10.6 Å². The van der Waals surface area contributed by atoms with Crippen LogP contribution in [0.1, 0.15) is 26.2 Å². The van der Waals surface area contributed by atoms with Crippen molar-refractivity contribution in [1.82, 2.24) is 15.5 Å². The lowest BCUT2D eigenvalue weighted by Gasteiger charge is -2.34. The number of carbonyl (C=O) groups is 2. The monoisotopic (exact) mass is 239 g/mol. The SMILES string of the molecule is CC(=O)NC1CCCN(C(=O)C2CCNC2)C1. The van der Waals surface area contributed by atoms with Crippen molar-refractivity contribution in [3.05, 3.63) is 0 Å². The van der Waals surface area contributed by atoms with Crippen molar-refractivity contribution in [3.8, 4) is 0 Å². The van der Waals surface area contributed by atoms with Crippen molar-refractivity contribution in [2.45, 2.75) is 32.2 Å². The Labute approximate surface area is 102 Å². The van der Waals surface area contributed by atoms with E-state index in [2.05, 4.69) is 10.6 Å². The van der Waals surface area contributed by atoms with Gasteiger partial charge in [0.15, 0.2) is 0 Å². The Hall–Kier alpha value is -1.10. The predicted molar refractivity (Wildman–Crippen MR) is 64.4 cm³/mol. The molecule has 2 atom stereocenters. The van der Waals surface area contributed by atoms with E-state index >= 15 is 0 Å². The van der Waals surface area contributed by atoms with Crippen molar-refractivity contribution in [1.29, 1.82) is 0 Å². The molecule has 96 valence electrons. The fraction of sp³-hybridized carbons (Fsp3) is 0.833. The summed E-state index contributed by atoms with van der Waals surface area (Å²) in [6.07, 6.45) is 2.91. The minimum atomic E-state index is -0.00756. The summed E-state index contributed by atoms with van der Waals surface area (Å²) >= 11 is 0. The molecule has 0 saturated carbocycles. The van der Waals surface area contributed by atoms with Gasteiger partial charge in [0.1, 0.15) is 0 Å². The summed E-state index contributed by atoms with van der Waals surface area (Å²) in [7, 11) is 0. The molecule has 2 saturated heterocycles. The molecule has 2 rings (SSSR count). The largest absolute Gasteiger partial charge is 0.352 e. The first-order valence-corrected chi connectivity index (χ1v) is 6.43. The molecule has 0 radical (unpaired) electrons. The van der Waals surface area contributed by atoms with Crippen LogP contribution in [0.5, 0.6) is 0 Å². The van der Waals surface area contributed by atoms with Crippen LogP contribution in [-0.2, 0) is 9.59 Å². The number of amides is 2. The molecule has 2 amide bonds. The maximum atomic E-state index is 12.2. The molecule has 0 aromatic carbocycles. The van der Waals surface area contributed by atoms with Gasteiger partial charge in [0.2, 0.25) is 11.8 Å². The molecule has 2 aliphatic heterocycles. The molecule has 5 heteroatoms. The third-order valence-corrected chi connectivity index (χ3v) is 3.55. The molecular weight excluding hydrogens is 218 g/mol. The molecule has 2 N–H and O–H groups in total. The van der Waals surface area contributed by atoms with Crippen molar-refractivity contribution in [2.24, 2.45) is 5.92 Å². The zero-order valence-corrected chi connectivity index (χ0v) is 10.4. The average Bonchev–Trinajstić information content (AvgIpc) is 2.81. The molecule has 5 nitrogen and oxygen atoms in total. The third-order valence-electron chi connectivity index (χ3n) is 3.55. The molecule has 0 spiro atoms. The van der Waals surface area contributed by atoms with E-state index in [4.69, 9.17) is 0 Å². The fourth-order valence-corrected chi connectivity index (χ4v) is 2.71. The van der Waals surface area contributed by atoms with E-state index < -0.39 is 0 Å². The fourth-order valence-electron chi connectivity index (χ4n) is 2.71. The minimum Gasteiger partial charge on any atom is -0.352 e. The van der Waals surface area contributed by atoms with E-state index in [-0.39, 0.29) is 23.8 Å². The number of piperidine rings is 1. The normalized spacial score (nSPS) is 29.1. The van der Waals surface area contributed by atoms with Crippen LogP contribution in [0.15, 0.2) is 0 Å². The van der Waals surface area contributed by atoms with Gasteiger partial charge in [-0.05, 0) is 25.8 Å². The van der Waals surface area contributed by atoms with Gasteiger partial charge in [0, 0.05) is 32.6 Å². The number of carbonyl (C=O) groups excluding carboxylic acids is 2. The van der Waals surface area contributed by atoms with Crippen molar-refractivity contribution >= 4 is 11.8 Å². The van der Waals surface area contributed by atoms with Gasteiger partial charge in [-0.3, -0.25) is 9.59 Å². The second-order valence-electron chi connectivity index (χ2n) is 5.01. The van der Waals surface area contributed by atoms with Gasteiger partial charge in [0.25, 0.3) is 0 Å². The lowest BCUT2D eigenvalue weighted by molar-refractivity contribution is -0.137. The number of hydrogen-bond donors (Lipinski definition) is 2. The first-order valence-electron chi connectivity index (χ1n) is 6.43. The highest BCUT2D eigenvalue weighted by atomic mass is 16.2. The predicted octanol–water partition coefficient (Wildman–Crippen LogP) is -0.277. The molecule has 2 unspecified atom stereocenters. The Morgan fingerprint density at radius 1 is 1.35 bits per heavy atom. The molecule has 0 aliphatic carbocycles. The third kappa shape index (κ3) is 3.19. The van der Waals surface area contributed by atoms with Gasteiger partial charge in [-0.15, -0.1) is 0 Å². The summed E-state index contributed by atoms with van der Waals surface area (Å²) < 4.78 is 0. The molecular formula is C12H21N3O2. The summed E-state index contributed by atoms with van der Waals surface area (Å²) in [5.41, 5.74) is 0. The Morgan fingerprint density at radius 3 is 2.82 bits per heavy atom. The summed E-state index contributed by atoms with van der Waals surface area (Å²) in [6, 6.07) is 0.138. The topological polar surface area (TPSA) is 61.4 Å². The van der Waals surface area contributed by atoms with E-state index in [0.717, 1.165) is 38.9 Å². The number of nitrogens with zero attached hydrogens (tertiary/aromatic N) is 1. The van der Waals surface area contributed by atoms with Gasteiger partial charge < -0.3 is 15.5 Å². The maximum Gasteiger partial charge on any atom is 0.227 e. The lowest BCUT2D eigenvalue weighted by atomic mass is 10.0. The van der Waals surface area contributed by atoms with Crippen LogP contribution in [0.3, 0.4) is 0 Å².